The van der Waals surface area contributed by atoms with Gasteiger partial charge < -0.3 is 8.85 Å². The van der Waals surface area contributed by atoms with E-state index in [0.717, 1.165) is 12.5 Å². The van der Waals surface area contributed by atoms with Crippen LogP contribution in [0.3, 0.4) is 0 Å². The maximum absolute atomic E-state index is 11.0. The van der Waals surface area contributed by atoms with Crippen molar-refractivity contribution in [3.8, 4) is 0 Å². The Hall–Kier alpha value is -0.353. The van der Waals surface area contributed by atoms with Gasteiger partial charge in [0.1, 0.15) is 0 Å². The van der Waals surface area contributed by atoms with Gasteiger partial charge in [-0.05, 0) is 38.7 Å². The fraction of sp³-hybridized carbons (Fsp3) is 0.917. The van der Waals surface area contributed by atoms with E-state index in [4.69, 9.17) is 8.85 Å². The fourth-order valence-corrected chi connectivity index (χ4v) is 3.82. The van der Waals surface area contributed by atoms with E-state index >= 15 is 0 Å². The Labute approximate surface area is 101 Å². The second-order valence-electron chi connectivity index (χ2n) is 6.37. The van der Waals surface area contributed by atoms with Gasteiger partial charge >= 0.3 is 9.28 Å². The molecule has 96 valence electrons. The van der Waals surface area contributed by atoms with Gasteiger partial charge in [-0.15, -0.1) is 0 Å². The third-order valence-electron chi connectivity index (χ3n) is 1.91. The average Bonchev–Trinajstić information content (AvgIpc) is 1.94. The second kappa shape index (κ2) is 5.82. The molecule has 0 heterocycles. The summed E-state index contributed by atoms with van der Waals surface area (Å²) in [7, 11) is -1.87. The van der Waals surface area contributed by atoms with Gasteiger partial charge in [-0.3, -0.25) is 4.79 Å². The zero-order chi connectivity index (χ0) is 13.0. The summed E-state index contributed by atoms with van der Waals surface area (Å²) in [5.41, 5.74) is 0.0247. The van der Waals surface area contributed by atoms with E-state index in [0.29, 0.717) is 0 Å². The van der Waals surface area contributed by atoms with E-state index < -0.39 is 9.28 Å². The first-order chi connectivity index (χ1) is 6.99. The van der Waals surface area contributed by atoms with Gasteiger partial charge in [-0.25, -0.2) is 0 Å². The molecule has 0 N–H and O–H groups in total. The monoisotopic (exact) mass is 246 g/mol. The van der Waals surface area contributed by atoms with Gasteiger partial charge in [0.05, 0.1) is 5.60 Å². The zero-order valence-corrected chi connectivity index (χ0v) is 12.9. The van der Waals surface area contributed by atoms with Gasteiger partial charge in [0.25, 0.3) is 5.97 Å². The summed E-state index contributed by atoms with van der Waals surface area (Å²) < 4.78 is 11.1. The molecular weight excluding hydrogens is 220 g/mol. The molecule has 0 aliphatic carbocycles. The van der Waals surface area contributed by atoms with Crippen LogP contribution in [0.5, 0.6) is 0 Å². The minimum atomic E-state index is -1.87. The molecule has 0 aromatic rings. The normalized spacial score (nSPS) is 14.7. The molecule has 0 fully saturated rings. The van der Waals surface area contributed by atoms with E-state index in [-0.39, 0.29) is 17.0 Å². The molecule has 0 radical (unpaired) electrons. The lowest BCUT2D eigenvalue weighted by Gasteiger charge is -2.28. The van der Waals surface area contributed by atoms with Crippen molar-refractivity contribution in [2.45, 2.75) is 66.5 Å². The Morgan fingerprint density at radius 2 is 1.62 bits per heavy atom. The second-order valence-corrected chi connectivity index (χ2v) is 8.28. The van der Waals surface area contributed by atoms with Crippen molar-refractivity contribution in [3.05, 3.63) is 0 Å². The van der Waals surface area contributed by atoms with Gasteiger partial charge in [-0.2, -0.15) is 0 Å². The van der Waals surface area contributed by atoms with E-state index in [1.165, 1.54) is 6.92 Å². The minimum absolute atomic E-state index is 0.227. The van der Waals surface area contributed by atoms with Crippen LogP contribution < -0.4 is 0 Å². The van der Waals surface area contributed by atoms with Crippen LogP contribution in [0.15, 0.2) is 0 Å². The van der Waals surface area contributed by atoms with Crippen molar-refractivity contribution in [2.75, 3.05) is 0 Å². The molecule has 1 unspecified atom stereocenters. The first-order valence-corrected chi connectivity index (χ1v) is 7.60. The molecular formula is C12H26O3Si. The molecule has 0 saturated carbocycles. The van der Waals surface area contributed by atoms with Crippen LogP contribution in [0.4, 0.5) is 0 Å². The first-order valence-electron chi connectivity index (χ1n) is 5.85. The predicted molar refractivity (Wildman–Crippen MR) is 68.6 cm³/mol. The van der Waals surface area contributed by atoms with E-state index in [1.54, 1.807) is 0 Å². The molecule has 1 atom stereocenters. The van der Waals surface area contributed by atoms with Crippen molar-refractivity contribution in [3.63, 3.8) is 0 Å². The number of carbonyl (C=O) groups excluding carboxylic acids is 1. The predicted octanol–water partition coefficient (Wildman–Crippen LogP) is 3.02. The summed E-state index contributed by atoms with van der Waals surface area (Å²) in [6.45, 7) is 14.0. The third kappa shape index (κ3) is 10.2. The highest BCUT2D eigenvalue weighted by molar-refractivity contribution is 6.46. The summed E-state index contributed by atoms with van der Waals surface area (Å²) in [6.07, 6.45) is 1.02. The fourth-order valence-electron chi connectivity index (χ4n) is 1.27. The van der Waals surface area contributed by atoms with E-state index in [1.807, 2.05) is 20.8 Å². The van der Waals surface area contributed by atoms with Crippen molar-refractivity contribution < 1.29 is 13.6 Å². The van der Waals surface area contributed by atoms with Crippen LogP contribution in [0.25, 0.3) is 0 Å². The minimum Gasteiger partial charge on any atom is -0.497 e. The molecule has 0 aromatic carbocycles. The standard InChI is InChI=1S/C12H26O3Si/c1-10(13)14-16(15-12(5,6)7)9-8-11(2,3)4/h16H,8-9H2,1-7H3. The van der Waals surface area contributed by atoms with Crippen LogP contribution in [0.1, 0.15) is 54.9 Å². The Balaban J connectivity index is 4.27. The Morgan fingerprint density at radius 3 is 1.94 bits per heavy atom. The summed E-state index contributed by atoms with van der Waals surface area (Å²) in [4.78, 5) is 11.0. The molecule has 0 spiro atoms. The molecule has 16 heavy (non-hydrogen) atoms. The molecule has 3 nitrogen and oxygen atoms in total. The quantitative estimate of drug-likeness (QED) is 0.715. The summed E-state index contributed by atoms with van der Waals surface area (Å²) in [6, 6.07) is 0.875. The van der Waals surface area contributed by atoms with Crippen molar-refractivity contribution in [1.29, 1.82) is 0 Å². The molecule has 0 saturated heterocycles. The lowest BCUT2D eigenvalue weighted by atomic mass is 9.94. The summed E-state index contributed by atoms with van der Waals surface area (Å²) in [5.74, 6) is -0.227. The Morgan fingerprint density at radius 1 is 1.12 bits per heavy atom. The molecule has 0 aromatic heterocycles. The van der Waals surface area contributed by atoms with Crippen LogP contribution in [0, 0.1) is 5.41 Å². The van der Waals surface area contributed by atoms with Crippen LogP contribution >= 0.6 is 0 Å². The highest BCUT2D eigenvalue weighted by Gasteiger charge is 2.25. The smallest absolute Gasteiger partial charge is 0.385 e. The van der Waals surface area contributed by atoms with Crippen molar-refractivity contribution >= 4 is 15.3 Å². The highest BCUT2D eigenvalue weighted by Crippen LogP contribution is 2.24. The molecule has 0 aliphatic heterocycles. The number of hydrogen-bond donors (Lipinski definition) is 0. The lowest BCUT2D eigenvalue weighted by Crippen LogP contribution is -2.35. The first kappa shape index (κ1) is 15.6. The average molecular weight is 246 g/mol. The maximum Gasteiger partial charge on any atom is 0.385 e. The van der Waals surface area contributed by atoms with Gasteiger partial charge in [0.2, 0.25) is 0 Å². The van der Waals surface area contributed by atoms with Crippen molar-refractivity contribution in [2.24, 2.45) is 5.41 Å². The number of hydrogen-bond acceptors (Lipinski definition) is 3. The number of carbonyl (C=O) groups is 1. The number of rotatable bonds is 4. The Kier molecular flexibility index (Phi) is 5.69. The third-order valence-corrected chi connectivity index (χ3v) is 4.24. The van der Waals surface area contributed by atoms with Crippen molar-refractivity contribution in [1.82, 2.24) is 0 Å². The SMILES string of the molecule is CC(=O)O[SiH](CCC(C)(C)C)OC(C)(C)C. The van der Waals surface area contributed by atoms with Gasteiger partial charge in [0, 0.05) is 6.92 Å². The summed E-state index contributed by atoms with van der Waals surface area (Å²) in [5, 5.41) is 0. The van der Waals surface area contributed by atoms with Crippen LogP contribution in [-0.2, 0) is 13.6 Å². The molecule has 0 rings (SSSR count). The van der Waals surface area contributed by atoms with Gasteiger partial charge in [-0.1, -0.05) is 20.8 Å². The molecule has 0 amide bonds. The van der Waals surface area contributed by atoms with Crippen LogP contribution in [-0.4, -0.2) is 20.9 Å². The lowest BCUT2D eigenvalue weighted by molar-refractivity contribution is -0.134. The van der Waals surface area contributed by atoms with Gasteiger partial charge in [0.15, 0.2) is 0 Å². The van der Waals surface area contributed by atoms with E-state index in [9.17, 15) is 4.79 Å². The maximum atomic E-state index is 11.0. The topological polar surface area (TPSA) is 35.5 Å². The molecule has 0 aliphatic rings. The van der Waals surface area contributed by atoms with E-state index in [2.05, 4.69) is 20.8 Å². The molecule has 0 bridgehead atoms. The Bertz CT molecular complexity index is 225. The highest BCUT2D eigenvalue weighted by atomic mass is 28.3. The molecule has 4 heteroatoms. The largest absolute Gasteiger partial charge is 0.497 e. The zero-order valence-electron chi connectivity index (χ0n) is 11.7. The van der Waals surface area contributed by atoms with Crippen LogP contribution in [0.2, 0.25) is 6.04 Å². The summed E-state index contributed by atoms with van der Waals surface area (Å²) >= 11 is 0.